The number of allylic oxidation sites excluding steroid dienone is 1. The molecule has 2 aromatic carbocycles. The minimum absolute atomic E-state index is 0.116. The molecule has 0 spiro atoms. The molecular weight excluding hydrogens is 395 g/mol. The van der Waals surface area contributed by atoms with E-state index < -0.39 is 11.7 Å². The summed E-state index contributed by atoms with van der Waals surface area (Å²) in [7, 11) is 1.58. The molecule has 4 nitrogen and oxygen atoms in total. The lowest BCUT2D eigenvalue weighted by Crippen LogP contribution is -2.36. The highest BCUT2D eigenvalue weighted by Gasteiger charge is 2.32. The number of nitrogens with zero attached hydrogens (tertiary/aromatic N) is 1. The smallest absolute Gasteiger partial charge is 0.416 e. The largest absolute Gasteiger partial charge is 0.495 e. The van der Waals surface area contributed by atoms with Crippen LogP contribution in [-0.4, -0.2) is 39.2 Å². The third-order valence-electron chi connectivity index (χ3n) is 5.57. The van der Waals surface area contributed by atoms with Crippen LogP contribution < -0.4 is 9.64 Å². The second kappa shape index (κ2) is 7.80. The predicted molar refractivity (Wildman–Crippen MR) is 108 cm³/mol. The van der Waals surface area contributed by atoms with Gasteiger partial charge in [-0.05, 0) is 47.9 Å². The van der Waals surface area contributed by atoms with Crippen LogP contribution in [0, 0.1) is 6.92 Å². The number of carbonyl (C=O) groups excluding carboxylic acids is 1. The molecule has 0 radical (unpaired) electrons. The Hall–Kier alpha value is -2.80. The van der Waals surface area contributed by atoms with Gasteiger partial charge in [0, 0.05) is 30.6 Å². The van der Waals surface area contributed by atoms with E-state index in [4.69, 9.17) is 9.47 Å². The number of halogens is 3. The molecule has 1 fully saturated rings. The molecule has 2 aliphatic rings. The lowest BCUT2D eigenvalue weighted by Gasteiger charge is -2.30. The van der Waals surface area contributed by atoms with E-state index >= 15 is 0 Å². The van der Waals surface area contributed by atoms with Crippen molar-refractivity contribution in [2.24, 2.45) is 0 Å². The Kier molecular flexibility index (Phi) is 5.32. The van der Waals surface area contributed by atoms with Crippen molar-refractivity contribution in [3.05, 3.63) is 63.7 Å². The zero-order chi connectivity index (χ0) is 21.5. The molecule has 0 N–H and O–H groups in total. The van der Waals surface area contributed by atoms with Gasteiger partial charge in [-0.15, -0.1) is 0 Å². The highest BCUT2D eigenvalue weighted by Crippen LogP contribution is 2.38. The lowest BCUT2D eigenvalue weighted by molar-refractivity contribution is -0.138. The molecule has 4 rings (SSSR count). The fourth-order valence-electron chi connectivity index (χ4n) is 4.06. The monoisotopic (exact) mass is 417 g/mol. The minimum Gasteiger partial charge on any atom is -0.495 e. The van der Waals surface area contributed by atoms with E-state index in [0.29, 0.717) is 42.1 Å². The lowest BCUT2D eigenvalue weighted by atomic mass is 10.0. The number of ketones is 1. The van der Waals surface area contributed by atoms with Gasteiger partial charge in [-0.1, -0.05) is 12.1 Å². The van der Waals surface area contributed by atoms with Crippen LogP contribution in [0.15, 0.2) is 35.9 Å². The van der Waals surface area contributed by atoms with Gasteiger partial charge in [0.2, 0.25) is 0 Å². The summed E-state index contributed by atoms with van der Waals surface area (Å²) in [5.74, 6) is 0.519. The average Bonchev–Trinajstić information content (AvgIpc) is 3.01. The van der Waals surface area contributed by atoms with Crippen molar-refractivity contribution in [2.75, 3.05) is 38.3 Å². The number of ether oxygens (including phenoxy) is 2. The summed E-state index contributed by atoms with van der Waals surface area (Å²) in [6.45, 7) is 4.19. The number of fused-ring (bicyclic) bond motifs is 1. The number of hydrogen-bond acceptors (Lipinski definition) is 4. The molecular formula is C23H22F3NO3. The van der Waals surface area contributed by atoms with Crippen molar-refractivity contribution < 1.29 is 27.4 Å². The Morgan fingerprint density at radius 2 is 1.87 bits per heavy atom. The number of anilines is 1. The second-order valence-corrected chi connectivity index (χ2v) is 7.53. The zero-order valence-electron chi connectivity index (χ0n) is 16.8. The molecule has 0 saturated carbocycles. The molecule has 0 bridgehead atoms. The molecule has 1 aliphatic heterocycles. The molecule has 0 amide bonds. The number of Topliss-reactive ketones (excluding diaryl/α,β-unsaturated/α-hetero) is 1. The minimum atomic E-state index is -4.39. The van der Waals surface area contributed by atoms with E-state index in [-0.39, 0.29) is 11.3 Å². The number of methoxy groups -OCH3 is 1. The van der Waals surface area contributed by atoms with Crippen LogP contribution in [-0.2, 0) is 17.3 Å². The summed E-state index contributed by atoms with van der Waals surface area (Å²) in [6.07, 6.45) is -2.27. The molecule has 158 valence electrons. The van der Waals surface area contributed by atoms with Crippen molar-refractivity contribution in [2.45, 2.75) is 19.5 Å². The molecule has 1 aliphatic carbocycles. The molecule has 1 saturated heterocycles. The van der Waals surface area contributed by atoms with Crippen LogP contribution in [0.5, 0.6) is 5.75 Å². The quantitative estimate of drug-likeness (QED) is 0.680. The van der Waals surface area contributed by atoms with Gasteiger partial charge in [0.05, 0.1) is 31.6 Å². The number of hydrogen-bond donors (Lipinski definition) is 0. The van der Waals surface area contributed by atoms with Crippen LogP contribution >= 0.6 is 0 Å². The summed E-state index contributed by atoms with van der Waals surface area (Å²) in [6, 6.07) is 7.68. The molecule has 0 aromatic heterocycles. The maximum atomic E-state index is 13.0. The van der Waals surface area contributed by atoms with E-state index in [2.05, 4.69) is 4.90 Å². The van der Waals surface area contributed by atoms with Crippen molar-refractivity contribution in [1.82, 2.24) is 0 Å². The fraction of sp³-hybridized carbons (Fsp3) is 0.348. The van der Waals surface area contributed by atoms with Crippen LogP contribution in [0.3, 0.4) is 0 Å². The number of carbonyl (C=O) groups is 1. The molecule has 30 heavy (non-hydrogen) atoms. The number of aryl methyl sites for hydroxylation is 1. The van der Waals surface area contributed by atoms with Crippen LogP contribution in [0.4, 0.5) is 18.9 Å². The number of morpholine rings is 1. The highest BCUT2D eigenvalue weighted by molar-refractivity contribution is 6.16. The first-order valence-corrected chi connectivity index (χ1v) is 9.74. The molecule has 1 heterocycles. The van der Waals surface area contributed by atoms with Crippen molar-refractivity contribution in [3.63, 3.8) is 0 Å². The van der Waals surface area contributed by atoms with E-state index in [1.165, 1.54) is 19.1 Å². The second-order valence-electron chi connectivity index (χ2n) is 7.53. The molecule has 0 atom stereocenters. The Labute approximate surface area is 172 Å². The van der Waals surface area contributed by atoms with Crippen LogP contribution in [0.1, 0.15) is 32.6 Å². The Balaban J connectivity index is 1.65. The van der Waals surface area contributed by atoms with E-state index in [1.54, 1.807) is 19.3 Å². The number of rotatable bonds is 3. The zero-order valence-corrected chi connectivity index (χ0v) is 16.8. The number of alkyl halides is 3. The predicted octanol–water partition coefficient (Wildman–Crippen LogP) is 4.68. The van der Waals surface area contributed by atoms with Gasteiger partial charge in [0.25, 0.3) is 0 Å². The Morgan fingerprint density at radius 1 is 1.13 bits per heavy atom. The van der Waals surface area contributed by atoms with Gasteiger partial charge < -0.3 is 14.4 Å². The first kappa shape index (κ1) is 20.5. The number of benzene rings is 2. The Bertz CT molecular complexity index is 1020. The van der Waals surface area contributed by atoms with Crippen molar-refractivity contribution in [1.29, 1.82) is 0 Å². The normalized spacial score (nSPS) is 18.1. The highest BCUT2D eigenvalue weighted by atomic mass is 19.4. The molecule has 0 unspecified atom stereocenters. The van der Waals surface area contributed by atoms with Crippen molar-refractivity contribution in [3.8, 4) is 5.75 Å². The van der Waals surface area contributed by atoms with E-state index in [1.807, 2.05) is 6.07 Å². The maximum Gasteiger partial charge on any atom is 0.416 e. The fourth-order valence-corrected chi connectivity index (χ4v) is 4.06. The summed E-state index contributed by atoms with van der Waals surface area (Å²) < 4.78 is 49.9. The first-order chi connectivity index (χ1) is 14.3. The summed E-state index contributed by atoms with van der Waals surface area (Å²) >= 11 is 0. The van der Waals surface area contributed by atoms with Gasteiger partial charge in [-0.2, -0.15) is 13.2 Å². The van der Waals surface area contributed by atoms with Crippen LogP contribution in [0.25, 0.3) is 6.08 Å². The molecule has 7 heteroatoms. The summed E-state index contributed by atoms with van der Waals surface area (Å²) in [4.78, 5) is 15.1. The third-order valence-corrected chi connectivity index (χ3v) is 5.57. The average molecular weight is 417 g/mol. The van der Waals surface area contributed by atoms with Gasteiger partial charge in [0.15, 0.2) is 5.78 Å². The van der Waals surface area contributed by atoms with Crippen molar-refractivity contribution >= 4 is 17.5 Å². The van der Waals surface area contributed by atoms with E-state index in [0.717, 1.165) is 30.4 Å². The van der Waals surface area contributed by atoms with Crippen LogP contribution in [0.2, 0.25) is 0 Å². The third kappa shape index (κ3) is 3.81. The summed E-state index contributed by atoms with van der Waals surface area (Å²) in [5, 5.41) is 0. The van der Waals surface area contributed by atoms with Gasteiger partial charge in [0.1, 0.15) is 5.75 Å². The topological polar surface area (TPSA) is 38.8 Å². The standard InChI is InChI=1S/C23H22F3NO3/c1-14-9-15(3-4-19(14)23(24,25)26)10-17-11-16-12-20(27-5-7-30-8-6-27)21(29-2)13-18(16)22(17)28/h3-4,9-10,12-13H,5-8,11H2,1-2H3/b17-10+. The van der Waals surface area contributed by atoms with E-state index in [9.17, 15) is 18.0 Å². The SMILES string of the molecule is COc1cc2c(cc1N1CCOCC1)C/C(=C\c1ccc(C(F)(F)F)c(C)c1)C2=O. The first-order valence-electron chi connectivity index (χ1n) is 9.74. The summed E-state index contributed by atoms with van der Waals surface area (Å²) in [5.41, 5.74) is 3.03. The Morgan fingerprint density at radius 3 is 2.50 bits per heavy atom. The maximum absolute atomic E-state index is 13.0. The van der Waals surface area contributed by atoms with Gasteiger partial charge in [-0.25, -0.2) is 0 Å². The van der Waals surface area contributed by atoms with Gasteiger partial charge >= 0.3 is 6.18 Å². The van der Waals surface area contributed by atoms with Gasteiger partial charge in [-0.3, -0.25) is 4.79 Å². The molecule has 2 aromatic rings.